The molecule has 6 N–H and O–H groups in total. The monoisotopic (exact) mass is 2030 g/mol. The molecule has 0 aliphatic rings. The summed E-state index contributed by atoms with van der Waals surface area (Å²) in [4.78, 5) is 177. The number of carbonyl (C=O) groups excluding carboxylic acids is 6. The molecule has 0 aliphatic carbocycles. The first kappa shape index (κ1) is 105. The number of rotatable bonds is 25. The number of aromatic nitrogens is 20. The largest absolute Gasteiger partial charge is 0.423 e. The summed E-state index contributed by atoms with van der Waals surface area (Å²) in [6.45, 7) is 21.5. The first-order valence-corrected chi connectivity index (χ1v) is 48.9. The first-order valence-electron chi connectivity index (χ1n) is 48.1. The van der Waals surface area contributed by atoms with E-state index in [1.165, 1.54) is 126 Å². The van der Waals surface area contributed by atoms with Crippen LogP contribution in [0.25, 0.3) is 88.3 Å². The summed E-state index contributed by atoms with van der Waals surface area (Å²) in [6, 6.07) is 63.7. The minimum absolute atomic E-state index is 0.0342. The summed E-state index contributed by atoms with van der Waals surface area (Å²) < 4.78 is 25.7. The van der Waals surface area contributed by atoms with Crippen LogP contribution >= 0.6 is 11.3 Å². The average molecular weight is 2030 g/mol. The summed E-state index contributed by atoms with van der Waals surface area (Å²) in [7, 11) is 9.98. The SMILES string of the molecule is CC(C)c1ccc(NC(=O)Cn2cnc3c2ccc(=O)n3C)cc1.Cc1ccc(CCNC(=O)Cn2cnc3c2ccc(=O)n3C)cc1.Cc1ccc(CCNC(=O)Cn2cnc3c2ccc(=O)n3C)cc1.Cc1ccc(CCNC(=O)Cn2cnc3c2ccc(=O)n3C)cc1.Cc1ccc2nc(NC(=O)Cn3cnc4c3ccc(=O)n4C)oc2c1.Cn1c(=O)ccc2c1ncn2CC(=O)Nc1nc2ccc(C(C)(C)C)cc2s1. The average Bonchev–Trinajstić information content (AvgIpc) is 2.02. The second-order valence-corrected chi connectivity index (χ2v) is 38.5. The molecule has 39 nitrogen and oxygen atoms in total. The molecular formula is C109H116N26O13S. The fourth-order valence-corrected chi connectivity index (χ4v) is 17.1. The Hall–Kier alpha value is -18.0. The maximum Gasteiger partial charge on any atom is 0.302 e. The first-order chi connectivity index (χ1) is 71.3. The van der Waals surface area contributed by atoms with Crippen molar-refractivity contribution < 1.29 is 33.2 Å². The van der Waals surface area contributed by atoms with Gasteiger partial charge >= 0.3 is 6.01 Å². The Morgan fingerprint density at radius 1 is 0.329 bits per heavy atom. The van der Waals surface area contributed by atoms with E-state index in [9.17, 15) is 57.5 Å². The van der Waals surface area contributed by atoms with Gasteiger partial charge in [0.05, 0.1) is 81.3 Å². The van der Waals surface area contributed by atoms with E-state index in [-0.39, 0.29) is 119 Å². The van der Waals surface area contributed by atoms with Gasteiger partial charge in [0.15, 0.2) is 44.6 Å². The highest BCUT2D eigenvalue weighted by Crippen LogP contribution is 2.32. The molecule has 14 aromatic heterocycles. The topological polar surface area (TPSA) is 452 Å². The molecule has 6 amide bonds. The van der Waals surface area contributed by atoms with E-state index in [4.69, 9.17) is 4.42 Å². The number of amides is 6. The second-order valence-electron chi connectivity index (χ2n) is 37.5. The van der Waals surface area contributed by atoms with Gasteiger partial charge in [-0.2, -0.15) is 4.98 Å². The lowest BCUT2D eigenvalue weighted by atomic mass is 9.87. The maximum absolute atomic E-state index is 12.5. The predicted octanol–water partition coefficient (Wildman–Crippen LogP) is 11.8. The highest BCUT2D eigenvalue weighted by Gasteiger charge is 2.22. The number of anilines is 3. The van der Waals surface area contributed by atoms with Gasteiger partial charge in [0.2, 0.25) is 35.4 Å². The number of pyridine rings is 6. The van der Waals surface area contributed by atoms with Crippen molar-refractivity contribution in [2.75, 3.05) is 35.6 Å². The third-order valence-electron chi connectivity index (χ3n) is 24.9. The zero-order valence-electron chi connectivity index (χ0n) is 85.3. The number of carbonyl (C=O) groups is 6. The third kappa shape index (κ3) is 26.4. The van der Waals surface area contributed by atoms with Crippen LogP contribution < -0.4 is 65.3 Å². The number of aryl methyl sites for hydroxylation is 10. The van der Waals surface area contributed by atoms with Crippen LogP contribution in [0.4, 0.5) is 16.8 Å². The van der Waals surface area contributed by atoms with Crippen molar-refractivity contribution in [3.63, 3.8) is 0 Å². The molecule has 766 valence electrons. The van der Waals surface area contributed by atoms with Gasteiger partial charge in [0, 0.05) is 104 Å². The molecule has 6 aromatic carbocycles. The van der Waals surface area contributed by atoms with Crippen LogP contribution in [0.3, 0.4) is 0 Å². The standard InChI is InChI=1S/C20H21N5O2S.4C18H20N4O2.C17H15N5O3/c1-20(2,3)12-5-6-13-15(9-12)28-19(22-13)23-16(26)10-25-11-21-18-14(25)7-8-17(27)24(18)4;1-12(2)13-4-6-14(7-5-13)20-16(23)10-22-11-19-18-15(22)8-9-17(24)21(18)3;3*1-13-3-5-14(6-4-13)9-10-19-16(23)11-22-12-20-18-15(22)7-8-17(24)21(18)2;1-10-3-4-11-13(7-10)25-17(19-11)20-14(23)8-22-9-18-16-12(22)5-6-15(24)21(16)2/h5-9,11H,10H2,1-4H3,(H,22,23,26);4-9,11-12H,10H2,1-3H3,(H,20,23);3*3-8,12H,9-11H2,1-2H3,(H,19,23);3-7,9H,8H2,1-2H3,(H,19,20,23). The molecule has 0 spiro atoms. The number of benzene rings is 6. The number of nitrogens with one attached hydrogen (secondary N) is 6. The summed E-state index contributed by atoms with van der Waals surface area (Å²) in [5.41, 5.74) is 20.9. The van der Waals surface area contributed by atoms with Crippen LogP contribution in [0.15, 0.2) is 277 Å². The van der Waals surface area contributed by atoms with Crippen LogP contribution in [0.2, 0.25) is 0 Å². The molecule has 14 heterocycles. The van der Waals surface area contributed by atoms with Crippen LogP contribution in [0, 0.1) is 27.7 Å². The molecule has 0 fully saturated rings. The van der Waals surface area contributed by atoms with Crippen LogP contribution in [0.1, 0.15) is 90.6 Å². The van der Waals surface area contributed by atoms with Crippen molar-refractivity contribution in [2.45, 2.75) is 132 Å². The van der Waals surface area contributed by atoms with Crippen LogP contribution in [-0.4, -0.2) is 150 Å². The zero-order chi connectivity index (χ0) is 106. The molecule has 0 saturated heterocycles. The van der Waals surface area contributed by atoms with Crippen molar-refractivity contribution >= 4 is 152 Å². The lowest BCUT2D eigenvalue weighted by Crippen LogP contribution is -2.29. The molecule has 0 bridgehead atoms. The van der Waals surface area contributed by atoms with E-state index in [0.29, 0.717) is 81.2 Å². The summed E-state index contributed by atoms with van der Waals surface area (Å²) in [5.74, 6) is -0.389. The Bertz CT molecular complexity index is 8360. The Labute approximate surface area is 857 Å². The van der Waals surface area contributed by atoms with Gasteiger partial charge in [-0.1, -0.05) is 160 Å². The van der Waals surface area contributed by atoms with Crippen LogP contribution in [-0.2, 0) is 135 Å². The second kappa shape index (κ2) is 46.8. The summed E-state index contributed by atoms with van der Waals surface area (Å²) in [5, 5.41) is 17.7. The van der Waals surface area contributed by atoms with E-state index < -0.39 is 0 Å². The number of fused-ring (bicyclic) bond motifs is 8. The van der Waals surface area contributed by atoms with E-state index in [1.807, 2.05) is 55.5 Å². The van der Waals surface area contributed by atoms with E-state index in [2.05, 4.69) is 212 Å². The Morgan fingerprint density at radius 3 is 0.940 bits per heavy atom. The molecule has 0 unspecified atom stereocenters. The Kier molecular flexibility index (Phi) is 33.1. The minimum atomic E-state index is -0.295. The van der Waals surface area contributed by atoms with Gasteiger partial charge in [0.1, 0.15) is 44.8 Å². The van der Waals surface area contributed by atoms with Gasteiger partial charge in [0.25, 0.3) is 33.4 Å². The van der Waals surface area contributed by atoms with Crippen molar-refractivity contribution in [1.82, 2.24) is 111 Å². The number of nitrogens with zero attached hydrogens (tertiary/aromatic N) is 20. The summed E-state index contributed by atoms with van der Waals surface area (Å²) >= 11 is 1.46. The van der Waals surface area contributed by atoms with Gasteiger partial charge < -0.3 is 58.4 Å². The van der Waals surface area contributed by atoms with Crippen molar-refractivity contribution in [1.29, 1.82) is 0 Å². The minimum Gasteiger partial charge on any atom is -0.423 e. The number of imidazole rings is 6. The number of hydrogen-bond donors (Lipinski definition) is 6. The number of hydrogen-bond acceptors (Lipinski definition) is 22. The molecule has 0 aliphatic heterocycles. The van der Waals surface area contributed by atoms with E-state index in [1.54, 1.807) is 138 Å². The molecule has 0 radical (unpaired) electrons. The molecular weight excluding hydrogens is 1910 g/mol. The number of thiazole rings is 1. The van der Waals surface area contributed by atoms with Crippen molar-refractivity contribution in [3.05, 3.63) is 356 Å². The van der Waals surface area contributed by atoms with Gasteiger partial charge in [-0.05, 0) is 164 Å². The Morgan fingerprint density at radius 2 is 0.624 bits per heavy atom. The molecule has 0 atom stereocenters. The maximum atomic E-state index is 12.5. The Balaban J connectivity index is 0.000000134. The van der Waals surface area contributed by atoms with Crippen LogP contribution in [0.5, 0.6) is 0 Å². The predicted molar refractivity (Wildman–Crippen MR) is 577 cm³/mol. The molecule has 0 saturated carbocycles. The van der Waals surface area contributed by atoms with Crippen molar-refractivity contribution in [3.8, 4) is 0 Å². The third-order valence-corrected chi connectivity index (χ3v) is 25.9. The quantitative estimate of drug-likeness (QED) is 0.0309. The van der Waals surface area contributed by atoms with Gasteiger partial charge in [-0.25, -0.2) is 34.9 Å². The smallest absolute Gasteiger partial charge is 0.302 e. The van der Waals surface area contributed by atoms with Gasteiger partial charge in [-0.15, -0.1) is 0 Å². The fourth-order valence-electron chi connectivity index (χ4n) is 16.2. The van der Waals surface area contributed by atoms with Gasteiger partial charge in [-0.3, -0.25) is 90.3 Å². The molecule has 20 aromatic rings. The number of oxazole rings is 1. The van der Waals surface area contributed by atoms with E-state index in [0.717, 1.165) is 68.3 Å². The van der Waals surface area contributed by atoms with E-state index >= 15 is 0 Å². The highest BCUT2D eigenvalue weighted by molar-refractivity contribution is 7.22. The van der Waals surface area contributed by atoms with Crippen molar-refractivity contribution in [2.24, 2.45) is 42.3 Å². The zero-order valence-corrected chi connectivity index (χ0v) is 86.1. The molecule has 149 heavy (non-hydrogen) atoms. The highest BCUT2D eigenvalue weighted by atomic mass is 32.1. The summed E-state index contributed by atoms with van der Waals surface area (Å²) in [6.07, 6.45) is 11.8. The molecule has 40 heteroatoms. The lowest BCUT2D eigenvalue weighted by molar-refractivity contribution is -0.122. The fraction of sp³-hybridized carbons (Fsp3) is 0.266. The normalized spacial score (nSPS) is 11.2. The lowest BCUT2D eigenvalue weighted by Gasteiger charge is -2.18. The molecule has 20 rings (SSSR count).